The first-order valence-electron chi connectivity index (χ1n) is 4.46. The summed E-state index contributed by atoms with van der Waals surface area (Å²) in [5, 5.41) is 8.76. The lowest BCUT2D eigenvalue weighted by molar-refractivity contribution is 1.26. The Morgan fingerprint density at radius 3 is 2.60 bits per heavy atom. The van der Waals surface area contributed by atoms with E-state index in [0.717, 1.165) is 9.79 Å². The van der Waals surface area contributed by atoms with E-state index in [1.807, 2.05) is 30.3 Å². The summed E-state index contributed by atoms with van der Waals surface area (Å²) in [6.45, 7) is 0. The molecule has 2 nitrogen and oxygen atoms in total. The zero-order valence-electron chi connectivity index (χ0n) is 7.92. The second-order valence-corrected chi connectivity index (χ2v) is 4.07. The van der Waals surface area contributed by atoms with Crippen LogP contribution < -0.4 is 0 Å². The van der Waals surface area contributed by atoms with Crippen molar-refractivity contribution in [3.8, 4) is 6.07 Å². The van der Waals surface area contributed by atoms with Gasteiger partial charge in [-0.1, -0.05) is 17.8 Å². The van der Waals surface area contributed by atoms with E-state index in [9.17, 15) is 0 Å². The summed E-state index contributed by atoms with van der Waals surface area (Å²) in [5.41, 5.74) is 0.689. The number of hydrogen-bond donors (Lipinski definition) is 0. The van der Waals surface area contributed by atoms with Gasteiger partial charge in [0, 0.05) is 22.2 Å². The average molecular weight is 212 g/mol. The van der Waals surface area contributed by atoms with Gasteiger partial charge in [-0.3, -0.25) is 4.98 Å². The van der Waals surface area contributed by atoms with Gasteiger partial charge in [0.15, 0.2) is 0 Å². The van der Waals surface area contributed by atoms with Gasteiger partial charge in [-0.05, 0) is 30.3 Å². The van der Waals surface area contributed by atoms with Crippen LogP contribution >= 0.6 is 11.8 Å². The second-order valence-electron chi connectivity index (χ2n) is 2.92. The zero-order valence-corrected chi connectivity index (χ0v) is 8.74. The third kappa shape index (κ3) is 2.58. The number of rotatable bonds is 2. The normalized spacial score (nSPS) is 9.53. The fraction of sp³-hybridized carbons (Fsp3) is 0. The van der Waals surface area contributed by atoms with Crippen LogP contribution in [0.2, 0.25) is 0 Å². The maximum absolute atomic E-state index is 8.76. The minimum atomic E-state index is 0.689. The molecule has 0 unspecified atom stereocenters. The molecule has 3 heteroatoms. The molecule has 2 aromatic rings. The van der Waals surface area contributed by atoms with Crippen LogP contribution in [0.1, 0.15) is 5.56 Å². The van der Waals surface area contributed by atoms with Crippen LogP contribution in [0.4, 0.5) is 0 Å². The average Bonchev–Trinajstić information content (AvgIpc) is 2.31. The maximum Gasteiger partial charge on any atom is 0.0992 e. The second kappa shape index (κ2) is 4.63. The van der Waals surface area contributed by atoms with Gasteiger partial charge in [-0.25, -0.2) is 0 Å². The van der Waals surface area contributed by atoms with E-state index in [1.165, 1.54) is 0 Å². The summed E-state index contributed by atoms with van der Waals surface area (Å²) in [6, 6.07) is 13.6. The minimum absolute atomic E-state index is 0.689. The molecule has 2 rings (SSSR count). The molecule has 1 aromatic carbocycles. The lowest BCUT2D eigenvalue weighted by Gasteiger charge is -2.00. The third-order valence-electron chi connectivity index (χ3n) is 1.85. The van der Waals surface area contributed by atoms with E-state index >= 15 is 0 Å². The van der Waals surface area contributed by atoms with E-state index in [1.54, 1.807) is 30.2 Å². The highest BCUT2D eigenvalue weighted by molar-refractivity contribution is 7.99. The minimum Gasteiger partial charge on any atom is -0.265 e. The van der Waals surface area contributed by atoms with Crippen molar-refractivity contribution < 1.29 is 0 Å². The van der Waals surface area contributed by atoms with E-state index in [0.29, 0.717) is 5.56 Å². The molecule has 0 aliphatic rings. The van der Waals surface area contributed by atoms with Gasteiger partial charge in [0.25, 0.3) is 0 Å². The standard InChI is InChI=1S/C12H8N2S/c13-9-10-2-1-3-12(8-10)15-11-4-6-14-7-5-11/h1-8H. The van der Waals surface area contributed by atoms with E-state index in [2.05, 4.69) is 11.1 Å². The Morgan fingerprint density at radius 2 is 1.87 bits per heavy atom. The van der Waals surface area contributed by atoms with Gasteiger partial charge >= 0.3 is 0 Å². The largest absolute Gasteiger partial charge is 0.265 e. The molecular formula is C12H8N2S. The Labute approximate surface area is 92.6 Å². The van der Waals surface area contributed by atoms with Crippen molar-refractivity contribution in [3.05, 3.63) is 54.4 Å². The predicted molar refractivity (Wildman–Crippen MR) is 59.5 cm³/mol. The molecule has 0 aliphatic carbocycles. The molecule has 0 fully saturated rings. The summed E-state index contributed by atoms with van der Waals surface area (Å²) in [7, 11) is 0. The topological polar surface area (TPSA) is 36.7 Å². The molecule has 0 N–H and O–H groups in total. The van der Waals surface area contributed by atoms with Gasteiger partial charge in [0.2, 0.25) is 0 Å². The van der Waals surface area contributed by atoms with E-state index in [4.69, 9.17) is 5.26 Å². The molecule has 72 valence electrons. The van der Waals surface area contributed by atoms with Crippen LogP contribution in [0.25, 0.3) is 0 Å². The molecule has 1 heterocycles. The number of pyridine rings is 1. The van der Waals surface area contributed by atoms with Crippen LogP contribution in [0.5, 0.6) is 0 Å². The van der Waals surface area contributed by atoms with Crippen molar-refractivity contribution in [2.75, 3.05) is 0 Å². The van der Waals surface area contributed by atoms with Gasteiger partial charge in [-0.2, -0.15) is 5.26 Å². The van der Waals surface area contributed by atoms with Crippen LogP contribution in [-0.4, -0.2) is 4.98 Å². The number of benzene rings is 1. The molecule has 0 spiro atoms. The Morgan fingerprint density at radius 1 is 1.07 bits per heavy atom. The van der Waals surface area contributed by atoms with Gasteiger partial charge < -0.3 is 0 Å². The van der Waals surface area contributed by atoms with Crippen LogP contribution in [0.3, 0.4) is 0 Å². The number of hydrogen-bond acceptors (Lipinski definition) is 3. The maximum atomic E-state index is 8.76. The third-order valence-corrected chi connectivity index (χ3v) is 2.85. The highest BCUT2D eigenvalue weighted by atomic mass is 32.2. The van der Waals surface area contributed by atoms with Crippen LogP contribution in [0, 0.1) is 11.3 Å². The van der Waals surface area contributed by atoms with Crippen molar-refractivity contribution in [2.24, 2.45) is 0 Å². The predicted octanol–water partition coefficient (Wildman–Crippen LogP) is 3.10. The first kappa shape index (κ1) is 9.75. The van der Waals surface area contributed by atoms with Crippen molar-refractivity contribution in [2.45, 2.75) is 9.79 Å². The first-order valence-corrected chi connectivity index (χ1v) is 5.28. The Kier molecular flexibility index (Phi) is 3.01. The zero-order chi connectivity index (χ0) is 10.5. The highest BCUT2D eigenvalue weighted by Crippen LogP contribution is 2.27. The number of aromatic nitrogens is 1. The molecule has 0 atom stereocenters. The highest BCUT2D eigenvalue weighted by Gasteiger charge is 1.97. The molecular weight excluding hydrogens is 204 g/mol. The summed E-state index contributed by atoms with van der Waals surface area (Å²) >= 11 is 1.63. The summed E-state index contributed by atoms with van der Waals surface area (Å²) in [5.74, 6) is 0. The fourth-order valence-electron chi connectivity index (χ4n) is 1.17. The van der Waals surface area contributed by atoms with Gasteiger partial charge in [-0.15, -0.1) is 0 Å². The van der Waals surface area contributed by atoms with Gasteiger partial charge in [0.05, 0.1) is 11.6 Å². The molecule has 1 aromatic heterocycles. The Hall–Kier alpha value is -1.79. The molecule has 0 amide bonds. The molecule has 0 saturated carbocycles. The summed E-state index contributed by atoms with van der Waals surface area (Å²) < 4.78 is 0. The molecule has 0 bridgehead atoms. The van der Waals surface area contributed by atoms with Crippen molar-refractivity contribution in [3.63, 3.8) is 0 Å². The van der Waals surface area contributed by atoms with Gasteiger partial charge in [0.1, 0.15) is 0 Å². The monoisotopic (exact) mass is 212 g/mol. The Bertz CT molecular complexity index is 488. The number of nitriles is 1. The molecule has 0 radical (unpaired) electrons. The SMILES string of the molecule is N#Cc1cccc(Sc2ccncc2)c1. The number of nitrogens with zero attached hydrogens (tertiary/aromatic N) is 2. The van der Waals surface area contributed by atoms with Crippen molar-refractivity contribution in [1.82, 2.24) is 4.98 Å². The van der Waals surface area contributed by atoms with E-state index < -0.39 is 0 Å². The molecule has 0 aliphatic heterocycles. The molecule has 0 saturated heterocycles. The van der Waals surface area contributed by atoms with Crippen molar-refractivity contribution >= 4 is 11.8 Å². The quantitative estimate of drug-likeness (QED) is 0.767. The lowest BCUT2D eigenvalue weighted by atomic mass is 10.2. The fourth-order valence-corrected chi connectivity index (χ4v) is 2.03. The molecule has 15 heavy (non-hydrogen) atoms. The van der Waals surface area contributed by atoms with E-state index in [-0.39, 0.29) is 0 Å². The summed E-state index contributed by atoms with van der Waals surface area (Å²) in [4.78, 5) is 6.15. The first-order chi connectivity index (χ1) is 7.38. The lowest BCUT2D eigenvalue weighted by Crippen LogP contribution is -1.77. The van der Waals surface area contributed by atoms with Crippen LogP contribution in [-0.2, 0) is 0 Å². The smallest absolute Gasteiger partial charge is 0.0992 e. The summed E-state index contributed by atoms with van der Waals surface area (Å²) in [6.07, 6.45) is 3.52. The van der Waals surface area contributed by atoms with Crippen molar-refractivity contribution in [1.29, 1.82) is 5.26 Å². The van der Waals surface area contributed by atoms with Crippen LogP contribution in [0.15, 0.2) is 58.6 Å². The Balaban J connectivity index is 2.22.